The molecule has 2 rings (SSSR count). The summed E-state index contributed by atoms with van der Waals surface area (Å²) in [5.74, 6) is -0.419. The first-order valence-corrected chi connectivity index (χ1v) is 10.5. The Bertz CT molecular complexity index is 889. The van der Waals surface area contributed by atoms with Crippen molar-refractivity contribution in [3.8, 4) is 0 Å². The number of aryl methyl sites for hydroxylation is 2. The smallest absolute Gasteiger partial charge is 0.241 e. The van der Waals surface area contributed by atoms with Gasteiger partial charge in [-0.1, -0.05) is 6.07 Å². The lowest BCUT2D eigenvalue weighted by Gasteiger charge is -2.21. The Kier molecular flexibility index (Phi) is 6.98. The van der Waals surface area contributed by atoms with Gasteiger partial charge in [0.1, 0.15) is 0 Å². The third-order valence-electron chi connectivity index (χ3n) is 4.49. The van der Waals surface area contributed by atoms with Crippen LogP contribution in [0.4, 0.5) is 11.4 Å². The third kappa shape index (κ3) is 5.55. The van der Waals surface area contributed by atoms with E-state index < -0.39 is 15.9 Å². The van der Waals surface area contributed by atoms with Crippen LogP contribution in [0.5, 0.6) is 0 Å². The van der Waals surface area contributed by atoms with Crippen LogP contribution in [0.2, 0.25) is 0 Å². The molecule has 2 N–H and O–H groups in total. The van der Waals surface area contributed by atoms with E-state index in [9.17, 15) is 13.2 Å². The lowest BCUT2D eigenvalue weighted by Crippen LogP contribution is -2.33. The fourth-order valence-corrected chi connectivity index (χ4v) is 3.74. The fraction of sp³-hybridized carbons (Fsp3) is 0.350. The number of amides is 1. The second-order valence-electron chi connectivity index (χ2n) is 6.34. The number of carbonyl (C=O) groups excluding carboxylic acids is 1. The minimum absolute atomic E-state index is 0.155. The predicted molar refractivity (Wildman–Crippen MR) is 110 cm³/mol. The van der Waals surface area contributed by atoms with Crippen LogP contribution < -0.4 is 14.9 Å². The molecule has 27 heavy (non-hydrogen) atoms. The maximum atomic E-state index is 12.3. The van der Waals surface area contributed by atoms with Gasteiger partial charge in [0.2, 0.25) is 15.9 Å². The van der Waals surface area contributed by atoms with E-state index in [2.05, 4.69) is 28.8 Å². The summed E-state index contributed by atoms with van der Waals surface area (Å²) in [6.07, 6.45) is 0. The molecule has 0 atom stereocenters. The molecule has 0 radical (unpaired) electrons. The highest BCUT2D eigenvalue weighted by Crippen LogP contribution is 2.18. The number of nitrogens with one attached hydrogen (secondary N) is 2. The summed E-state index contributed by atoms with van der Waals surface area (Å²) in [5.41, 5.74) is 3.60. The van der Waals surface area contributed by atoms with Crippen molar-refractivity contribution in [1.29, 1.82) is 0 Å². The van der Waals surface area contributed by atoms with E-state index in [4.69, 9.17) is 0 Å². The second-order valence-corrected chi connectivity index (χ2v) is 8.10. The molecule has 6 nitrogen and oxygen atoms in total. The molecule has 0 bridgehead atoms. The Morgan fingerprint density at radius 2 is 1.59 bits per heavy atom. The summed E-state index contributed by atoms with van der Waals surface area (Å²) < 4.78 is 27.0. The Morgan fingerprint density at radius 1 is 0.963 bits per heavy atom. The van der Waals surface area contributed by atoms with Crippen molar-refractivity contribution in [3.05, 3.63) is 53.6 Å². The first kappa shape index (κ1) is 20.9. The average Bonchev–Trinajstić information content (AvgIpc) is 2.64. The first-order valence-electron chi connectivity index (χ1n) is 8.98. The van der Waals surface area contributed by atoms with Crippen LogP contribution in [-0.2, 0) is 14.8 Å². The Balaban J connectivity index is 1.96. The van der Waals surface area contributed by atoms with Crippen LogP contribution in [0.15, 0.2) is 47.4 Å². The molecule has 0 heterocycles. The van der Waals surface area contributed by atoms with Gasteiger partial charge in [0.25, 0.3) is 0 Å². The Labute approximate surface area is 161 Å². The van der Waals surface area contributed by atoms with Crippen LogP contribution in [0.1, 0.15) is 25.0 Å². The Morgan fingerprint density at radius 3 is 2.15 bits per heavy atom. The van der Waals surface area contributed by atoms with Gasteiger partial charge in [0.15, 0.2) is 0 Å². The number of hydrogen-bond donors (Lipinski definition) is 2. The number of rotatable bonds is 8. The van der Waals surface area contributed by atoms with E-state index in [-0.39, 0.29) is 11.4 Å². The van der Waals surface area contributed by atoms with Crippen LogP contribution in [-0.4, -0.2) is 34.0 Å². The number of benzene rings is 2. The van der Waals surface area contributed by atoms with Crippen molar-refractivity contribution >= 4 is 27.3 Å². The Hall–Kier alpha value is -2.38. The summed E-state index contributed by atoms with van der Waals surface area (Å²) in [5, 5.41) is 2.70. The molecule has 2 aromatic rings. The standard InChI is InChI=1S/C20H27N3O3S/c1-5-23(6-2)18-10-8-17(9-11-18)22-20(24)14-21-27(25,26)19-12-7-15(3)16(4)13-19/h7-13,21H,5-6,14H2,1-4H3,(H,22,24). The molecule has 0 aliphatic heterocycles. The maximum Gasteiger partial charge on any atom is 0.241 e. The van der Waals surface area contributed by atoms with Crippen LogP contribution in [0, 0.1) is 13.8 Å². The van der Waals surface area contributed by atoms with E-state index in [1.54, 1.807) is 12.1 Å². The molecule has 0 saturated heterocycles. The van der Waals surface area contributed by atoms with Crippen molar-refractivity contribution < 1.29 is 13.2 Å². The van der Waals surface area contributed by atoms with Gasteiger partial charge in [0.05, 0.1) is 11.4 Å². The van der Waals surface area contributed by atoms with E-state index >= 15 is 0 Å². The van der Waals surface area contributed by atoms with Gasteiger partial charge < -0.3 is 10.2 Å². The highest BCUT2D eigenvalue weighted by Gasteiger charge is 2.16. The van der Waals surface area contributed by atoms with E-state index in [1.165, 1.54) is 6.07 Å². The van der Waals surface area contributed by atoms with Gasteiger partial charge >= 0.3 is 0 Å². The number of hydrogen-bond acceptors (Lipinski definition) is 4. The molecular weight excluding hydrogens is 362 g/mol. The molecule has 7 heteroatoms. The van der Waals surface area contributed by atoms with Gasteiger partial charge in [0, 0.05) is 24.5 Å². The minimum atomic E-state index is -3.73. The molecule has 146 valence electrons. The van der Waals surface area contributed by atoms with Gasteiger partial charge in [-0.15, -0.1) is 0 Å². The summed E-state index contributed by atoms with van der Waals surface area (Å²) >= 11 is 0. The average molecular weight is 390 g/mol. The zero-order chi connectivity index (χ0) is 20.0. The maximum absolute atomic E-state index is 12.3. The van der Waals surface area contributed by atoms with Crippen molar-refractivity contribution in [1.82, 2.24) is 4.72 Å². The van der Waals surface area contributed by atoms with Crippen LogP contribution in [0.3, 0.4) is 0 Å². The van der Waals surface area contributed by atoms with Crippen LogP contribution >= 0.6 is 0 Å². The number of nitrogens with zero attached hydrogens (tertiary/aromatic N) is 1. The first-order chi connectivity index (χ1) is 12.8. The van der Waals surface area contributed by atoms with Gasteiger partial charge in [-0.3, -0.25) is 4.79 Å². The summed E-state index contributed by atoms with van der Waals surface area (Å²) in [6, 6.07) is 12.4. The van der Waals surface area contributed by atoms with Crippen LogP contribution in [0.25, 0.3) is 0 Å². The predicted octanol–water partition coefficient (Wildman–Crippen LogP) is 3.07. The third-order valence-corrected chi connectivity index (χ3v) is 5.89. The van der Waals surface area contributed by atoms with Crippen molar-refractivity contribution in [3.63, 3.8) is 0 Å². The monoisotopic (exact) mass is 389 g/mol. The lowest BCUT2D eigenvalue weighted by molar-refractivity contribution is -0.115. The van der Waals surface area contributed by atoms with Crippen molar-refractivity contribution in [2.45, 2.75) is 32.6 Å². The molecule has 0 aliphatic carbocycles. The molecule has 1 amide bonds. The highest BCUT2D eigenvalue weighted by molar-refractivity contribution is 7.89. The molecule has 0 unspecified atom stereocenters. The molecule has 0 aromatic heterocycles. The summed E-state index contributed by atoms with van der Waals surface area (Å²) in [6.45, 7) is 9.42. The zero-order valence-electron chi connectivity index (χ0n) is 16.2. The number of carbonyl (C=O) groups is 1. The molecule has 0 saturated carbocycles. The van der Waals surface area contributed by atoms with Gasteiger partial charge in [-0.25, -0.2) is 13.1 Å². The van der Waals surface area contributed by atoms with Gasteiger partial charge in [-0.2, -0.15) is 0 Å². The number of anilines is 2. The highest BCUT2D eigenvalue weighted by atomic mass is 32.2. The van der Waals surface area contributed by atoms with Gasteiger partial charge in [-0.05, 0) is 75.2 Å². The van der Waals surface area contributed by atoms with E-state index in [0.29, 0.717) is 5.69 Å². The van der Waals surface area contributed by atoms with E-state index in [1.807, 2.05) is 38.1 Å². The van der Waals surface area contributed by atoms with Crippen molar-refractivity contribution in [2.24, 2.45) is 0 Å². The molecular formula is C20H27N3O3S. The largest absolute Gasteiger partial charge is 0.372 e. The number of sulfonamides is 1. The molecule has 2 aromatic carbocycles. The fourth-order valence-electron chi connectivity index (χ4n) is 2.67. The van der Waals surface area contributed by atoms with Crippen molar-refractivity contribution in [2.75, 3.05) is 29.9 Å². The lowest BCUT2D eigenvalue weighted by atomic mass is 10.1. The zero-order valence-corrected chi connectivity index (χ0v) is 17.1. The molecule has 0 aliphatic rings. The quantitative estimate of drug-likeness (QED) is 0.727. The summed E-state index contributed by atoms with van der Waals surface area (Å²) in [4.78, 5) is 14.4. The molecule has 0 fully saturated rings. The minimum Gasteiger partial charge on any atom is -0.372 e. The normalized spacial score (nSPS) is 11.3. The topological polar surface area (TPSA) is 78.5 Å². The summed E-state index contributed by atoms with van der Waals surface area (Å²) in [7, 11) is -3.73. The van der Waals surface area contributed by atoms with E-state index in [0.717, 1.165) is 29.9 Å². The SMILES string of the molecule is CCN(CC)c1ccc(NC(=O)CNS(=O)(=O)c2ccc(C)c(C)c2)cc1. The molecule has 0 spiro atoms. The second kappa shape index (κ2) is 9.01.